The molecule has 0 radical (unpaired) electrons. The Balaban J connectivity index is 1.67. The fraction of sp³-hybridized carbons (Fsp3) is 0.176. The molecular weight excluding hydrogens is 290 g/mol. The highest BCUT2D eigenvalue weighted by molar-refractivity contribution is 5.95. The summed E-state index contributed by atoms with van der Waals surface area (Å²) in [5.41, 5.74) is 4.29. The number of carbonyl (C=O) groups is 1. The molecule has 6 heteroatoms. The van der Waals surface area contributed by atoms with Crippen LogP contribution in [0.5, 0.6) is 0 Å². The molecule has 0 saturated carbocycles. The summed E-state index contributed by atoms with van der Waals surface area (Å²) in [4.78, 5) is 16.3. The van der Waals surface area contributed by atoms with Crippen LogP contribution in [0, 0.1) is 13.8 Å². The van der Waals surface area contributed by atoms with Crippen molar-refractivity contribution in [1.29, 1.82) is 0 Å². The maximum absolute atomic E-state index is 12.3. The number of nitrogens with zero attached hydrogens (tertiary/aromatic N) is 4. The molecule has 1 N–H and O–H groups in total. The Bertz CT molecular complexity index is 826. The van der Waals surface area contributed by atoms with Crippen molar-refractivity contribution in [1.82, 2.24) is 25.3 Å². The van der Waals surface area contributed by atoms with Gasteiger partial charge in [0.2, 0.25) is 0 Å². The zero-order valence-electron chi connectivity index (χ0n) is 13.0. The second kappa shape index (κ2) is 6.39. The summed E-state index contributed by atoms with van der Waals surface area (Å²) in [5.74, 6) is -0.113. The van der Waals surface area contributed by atoms with Gasteiger partial charge in [-0.3, -0.25) is 9.78 Å². The van der Waals surface area contributed by atoms with Gasteiger partial charge in [0.05, 0.1) is 24.6 Å². The van der Waals surface area contributed by atoms with Crippen molar-refractivity contribution in [2.24, 2.45) is 0 Å². The van der Waals surface area contributed by atoms with E-state index in [1.807, 2.05) is 44.2 Å². The summed E-state index contributed by atoms with van der Waals surface area (Å²) >= 11 is 0. The molecule has 0 aliphatic rings. The summed E-state index contributed by atoms with van der Waals surface area (Å²) in [6, 6.07) is 9.49. The van der Waals surface area contributed by atoms with Crippen LogP contribution < -0.4 is 5.32 Å². The van der Waals surface area contributed by atoms with Crippen molar-refractivity contribution in [3.63, 3.8) is 0 Å². The van der Waals surface area contributed by atoms with E-state index in [1.54, 1.807) is 23.3 Å². The fourth-order valence-electron chi connectivity index (χ4n) is 2.33. The highest BCUT2D eigenvalue weighted by atomic mass is 16.1. The van der Waals surface area contributed by atoms with E-state index in [2.05, 4.69) is 20.6 Å². The zero-order chi connectivity index (χ0) is 16.2. The van der Waals surface area contributed by atoms with Gasteiger partial charge in [0.25, 0.3) is 5.91 Å². The zero-order valence-corrected chi connectivity index (χ0v) is 13.0. The summed E-state index contributed by atoms with van der Waals surface area (Å²) in [6.45, 7) is 4.26. The number of rotatable bonds is 4. The molecule has 0 fully saturated rings. The molecule has 0 bridgehead atoms. The summed E-state index contributed by atoms with van der Waals surface area (Å²) in [5, 5.41) is 11.0. The predicted molar refractivity (Wildman–Crippen MR) is 86.2 cm³/mol. The molecule has 2 aromatic heterocycles. The molecule has 3 aromatic rings. The van der Waals surface area contributed by atoms with E-state index < -0.39 is 0 Å². The highest BCUT2D eigenvalue weighted by Crippen LogP contribution is 2.10. The van der Waals surface area contributed by atoms with E-state index in [0.717, 1.165) is 16.8 Å². The molecule has 0 saturated heterocycles. The average molecular weight is 307 g/mol. The molecule has 3 rings (SSSR count). The Morgan fingerprint density at radius 3 is 2.87 bits per heavy atom. The highest BCUT2D eigenvalue weighted by Gasteiger charge is 2.10. The van der Waals surface area contributed by atoms with Gasteiger partial charge in [-0.2, -0.15) is 0 Å². The average Bonchev–Trinajstić information content (AvgIpc) is 3.02. The van der Waals surface area contributed by atoms with Crippen molar-refractivity contribution >= 4 is 5.91 Å². The van der Waals surface area contributed by atoms with E-state index in [0.29, 0.717) is 17.8 Å². The quantitative estimate of drug-likeness (QED) is 0.802. The van der Waals surface area contributed by atoms with Gasteiger partial charge in [0.1, 0.15) is 5.69 Å². The molecule has 0 aliphatic heterocycles. The fourth-order valence-corrected chi connectivity index (χ4v) is 2.33. The smallest absolute Gasteiger partial charge is 0.251 e. The van der Waals surface area contributed by atoms with Crippen LogP contribution in [0.4, 0.5) is 0 Å². The van der Waals surface area contributed by atoms with Crippen molar-refractivity contribution in [2.45, 2.75) is 20.4 Å². The SMILES string of the molecule is Cc1ccc(C(=O)NCc2cn(-c3cccnc3)nn2)c(C)c1. The minimum absolute atomic E-state index is 0.113. The second-order valence-electron chi connectivity index (χ2n) is 5.37. The Kier molecular flexibility index (Phi) is 4.14. The molecule has 1 aromatic carbocycles. The first-order chi connectivity index (χ1) is 11.1. The normalized spacial score (nSPS) is 10.5. The van der Waals surface area contributed by atoms with Gasteiger partial charge in [0.15, 0.2) is 0 Å². The number of nitrogens with one attached hydrogen (secondary N) is 1. The van der Waals surface area contributed by atoms with E-state index in [4.69, 9.17) is 0 Å². The van der Waals surface area contributed by atoms with Crippen LogP contribution in [0.2, 0.25) is 0 Å². The third kappa shape index (κ3) is 3.42. The van der Waals surface area contributed by atoms with Crippen molar-refractivity contribution in [3.05, 3.63) is 71.3 Å². The molecule has 0 spiro atoms. The van der Waals surface area contributed by atoms with Crippen LogP contribution in [0.25, 0.3) is 5.69 Å². The van der Waals surface area contributed by atoms with E-state index in [9.17, 15) is 4.79 Å². The van der Waals surface area contributed by atoms with Crippen LogP contribution in [-0.4, -0.2) is 25.9 Å². The lowest BCUT2D eigenvalue weighted by Gasteiger charge is -2.07. The maximum atomic E-state index is 12.3. The Morgan fingerprint density at radius 1 is 1.26 bits per heavy atom. The van der Waals surface area contributed by atoms with Crippen molar-refractivity contribution < 1.29 is 4.79 Å². The van der Waals surface area contributed by atoms with Gasteiger partial charge in [-0.1, -0.05) is 22.9 Å². The first-order valence-corrected chi connectivity index (χ1v) is 7.30. The van der Waals surface area contributed by atoms with Gasteiger partial charge in [-0.25, -0.2) is 4.68 Å². The first kappa shape index (κ1) is 14.9. The van der Waals surface area contributed by atoms with Gasteiger partial charge in [-0.05, 0) is 37.6 Å². The summed E-state index contributed by atoms with van der Waals surface area (Å²) in [6.07, 6.45) is 5.18. The molecule has 0 atom stereocenters. The van der Waals surface area contributed by atoms with Gasteiger partial charge >= 0.3 is 0 Å². The van der Waals surface area contributed by atoms with Crippen molar-refractivity contribution in [2.75, 3.05) is 0 Å². The largest absolute Gasteiger partial charge is 0.346 e. The van der Waals surface area contributed by atoms with Gasteiger partial charge in [0, 0.05) is 11.8 Å². The molecule has 2 heterocycles. The number of pyridine rings is 1. The Morgan fingerprint density at radius 2 is 2.13 bits per heavy atom. The van der Waals surface area contributed by atoms with Crippen molar-refractivity contribution in [3.8, 4) is 5.69 Å². The summed E-state index contributed by atoms with van der Waals surface area (Å²) in [7, 11) is 0. The number of hydrogen-bond acceptors (Lipinski definition) is 4. The Labute approximate surface area is 134 Å². The molecule has 1 amide bonds. The van der Waals surface area contributed by atoms with E-state index >= 15 is 0 Å². The second-order valence-corrected chi connectivity index (χ2v) is 5.37. The summed E-state index contributed by atoms with van der Waals surface area (Å²) < 4.78 is 1.63. The number of amides is 1. The predicted octanol–water partition coefficient (Wildman–Crippen LogP) is 2.21. The van der Waals surface area contributed by atoms with Gasteiger partial charge in [-0.15, -0.1) is 5.10 Å². The molecule has 23 heavy (non-hydrogen) atoms. The first-order valence-electron chi connectivity index (χ1n) is 7.30. The number of aromatic nitrogens is 4. The number of hydrogen-bond donors (Lipinski definition) is 1. The molecule has 0 aliphatic carbocycles. The molecule has 6 nitrogen and oxygen atoms in total. The number of aryl methyl sites for hydroxylation is 2. The monoisotopic (exact) mass is 307 g/mol. The topological polar surface area (TPSA) is 72.7 Å². The van der Waals surface area contributed by atoms with Crippen LogP contribution >= 0.6 is 0 Å². The minimum Gasteiger partial charge on any atom is -0.346 e. The lowest BCUT2D eigenvalue weighted by Crippen LogP contribution is -2.23. The van der Waals surface area contributed by atoms with E-state index in [-0.39, 0.29) is 5.91 Å². The van der Waals surface area contributed by atoms with Gasteiger partial charge < -0.3 is 5.32 Å². The lowest BCUT2D eigenvalue weighted by atomic mass is 10.1. The molecular formula is C17H17N5O. The molecule has 116 valence electrons. The van der Waals surface area contributed by atoms with Crippen LogP contribution in [0.3, 0.4) is 0 Å². The van der Waals surface area contributed by atoms with Crippen LogP contribution in [-0.2, 0) is 6.54 Å². The number of benzene rings is 1. The standard InChI is InChI=1S/C17H17N5O/c1-12-5-6-16(13(2)8-12)17(23)19-9-14-11-22(21-20-14)15-4-3-7-18-10-15/h3-8,10-11H,9H2,1-2H3,(H,19,23). The number of carbonyl (C=O) groups excluding carboxylic acids is 1. The minimum atomic E-state index is -0.113. The molecule has 0 unspecified atom stereocenters. The van der Waals surface area contributed by atoms with Crippen LogP contribution in [0.15, 0.2) is 48.9 Å². The Hall–Kier alpha value is -3.02. The maximum Gasteiger partial charge on any atom is 0.251 e. The third-order valence-corrected chi connectivity index (χ3v) is 3.51. The van der Waals surface area contributed by atoms with Crippen LogP contribution in [0.1, 0.15) is 27.2 Å². The lowest BCUT2D eigenvalue weighted by molar-refractivity contribution is 0.0950. The van der Waals surface area contributed by atoms with E-state index in [1.165, 1.54) is 0 Å². The third-order valence-electron chi connectivity index (χ3n) is 3.51.